The summed E-state index contributed by atoms with van der Waals surface area (Å²) in [4.78, 5) is 26.9. The zero-order valence-electron chi connectivity index (χ0n) is 17.8. The van der Waals surface area contributed by atoms with E-state index in [4.69, 9.17) is 4.74 Å². The number of nitrogens with zero attached hydrogens (tertiary/aromatic N) is 2. The van der Waals surface area contributed by atoms with Gasteiger partial charge in [0.15, 0.2) is 0 Å². The lowest BCUT2D eigenvalue weighted by molar-refractivity contribution is -0.140. The fraction of sp³-hybridized carbons (Fsp3) is 0.273. The predicted molar refractivity (Wildman–Crippen MR) is 116 cm³/mol. The molecule has 170 valence electrons. The van der Waals surface area contributed by atoms with Crippen molar-refractivity contribution in [3.05, 3.63) is 65.2 Å². The Kier molecular flexibility index (Phi) is 6.68. The lowest BCUT2D eigenvalue weighted by Crippen LogP contribution is -2.32. The van der Waals surface area contributed by atoms with Gasteiger partial charge in [-0.25, -0.2) is 12.7 Å². The molecule has 10 heteroatoms. The number of carbonyl (C=O) groups excluding carboxylic acids is 2. The van der Waals surface area contributed by atoms with Crippen LogP contribution in [0.1, 0.15) is 17.2 Å². The van der Waals surface area contributed by atoms with Crippen LogP contribution in [0.5, 0.6) is 5.75 Å². The van der Waals surface area contributed by atoms with E-state index in [1.165, 1.54) is 62.5 Å². The van der Waals surface area contributed by atoms with Crippen LogP contribution in [0, 0.1) is 0 Å². The number of likely N-dealkylation sites (tertiary alicyclic amines) is 1. The lowest BCUT2D eigenvalue weighted by atomic mass is 9.95. The van der Waals surface area contributed by atoms with Crippen molar-refractivity contribution < 1.29 is 33.0 Å². The quantitative estimate of drug-likeness (QED) is 0.366. The average Bonchev–Trinajstić information content (AvgIpc) is 3.02. The molecule has 1 fully saturated rings. The molecule has 2 aromatic rings. The third kappa shape index (κ3) is 4.24. The Labute approximate surface area is 186 Å². The number of methoxy groups -OCH3 is 1. The standard InChI is InChI=1S/C22H24N2O7S/c1-23(2)32(29,30)17-10-6-15(7-11-17)20(26)18-19(14-4-8-16(25)9-5-14)24(12-13-31-3)22(28)21(18)27/h4-11,19,25-26H,12-13H2,1-3H3/b20-18+/t19-/m0/s1. The third-order valence-electron chi connectivity index (χ3n) is 5.19. The van der Waals surface area contributed by atoms with E-state index < -0.39 is 33.5 Å². The molecule has 1 amide bonds. The minimum Gasteiger partial charge on any atom is -0.508 e. The van der Waals surface area contributed by atoms with Gasteiger partial charge in [-0.15, -0.1) is 0 Å². The van der Waals surface area contributed by atoms with Gasteiger partial charge in [-0.1, -0.05) is 12.1 Å². The number of rotatable bonds is 7. The zero-order chi connectivity index (χ0) is 23.6. The molecule has 1 aliphatic heterocycles. The molecular formula is C22H24N2O7S. The molecule has 0 radical (unpaired) electrons. The number of phenolic OH excluding ortho intramolecular Hbond substituents is 1. The fourth-order valence-electron chi connectivity index (χ4n) is 3.45. The molecule has 0 saturated carbocycles. The Morgan fingerprint density at radius 2 is 1.66 bits per heavy atom. The molecule has 0 unspecified atom stereocenters. The number of ketones is 1. The molecule has 0 aromatic heterocycles. The van der Waals surface area contributed by atoms with Crippen LogP contribution < -0.4 is 0 Å². The zero-order valence-corrected chi connectivity index (χ0v) is 18.7. The maximum absolute atomic E-state index is 12.9. The number of aliphatic hydroxyl groups is 1. The summed E-state index contributed by atoms with van der Waals surface area (Å²) in [6.07, 6.45) is 0. The van der Waals surface area contributed by atoms with Crippen molar-refractivity contribution in [1.82, 2.24) is 9.21 Å². The maximum Gasteiger partial charge on any atom is 0.295 e. The Hall–Kier alpha value is -3.21. The number of carbonyl (C=O) groups is 2. The van der Waals surface area contributed by atoms with Crippen LogP contribution in [0.25, 0.3) is 5.76 Å². The van der Waals surface area contributed by atoms with Crippen LogP contribution in [-0.2, 0) is 24.3 Å². The number of hydrogen-bond donors (Lipinski definition) is 2. The highest BCUT2D eigenvalue weighted by Crippen LogP contribution is 2.39. The van der Waals surface area contributed by atoms with Gasteiger partial charge in [0.25, 0.3) is 11.7 Å². The highest BCUT2D eigenvalue weighted by Gasteiger charge is 2.45. The first-order chi connectivity index (χ1) is 15.1. The van der Waals surface area contributed by atoms with Crippen molar-refractivity contribution in [3.8, 4) is 5.75 Å². The van der Waals surface area contributed by atoms with Gasteiger partial charge < -0.3 is 19.8 Å². The monoisotopic (exact) mass is 460 g/mol. The highest BCUT2D eigenvalue weighted by atomic mass is 32.2. The smallest absolute Gasteiger partial charge is 0.295 e. The first-order valence-electron chi connectivity index (χ1n) is 9.68. The number of hydrogen-bond acceptors (Lipinski definition) is 7. The second kappa shape index (κ2) is 9.11. The maximum atomic E-state index is 12.9. The van der Waals surface area contributed by atoms with E-state index in [1.807, 2.05) is 0 Å². The molecule has 2 aromatic carbocycles. The third-order valence-corrected chi connectivity index (χ3v) is 7.02. The molecule has 3 rings (SSSR count). The number of amides is 1. The molecule has 0 spiro atoms. The van der Waals surface area contributed by atoms with E-state index >= 15 is 0 Å². The summed E-state index contributed by atoms with van der Waals surface area (Å²) in [5, 5.41) is 20.6. The Morgan fingerprint density at radius 3 is 2.19 bits per heavy atom. The van der Waals surface area contributed by atoms with Crippen molar-refractivity contribution in [2.45, 2.75) is 10.9 Å². The van der Waals surface area contributed by atoms with Crippen LogP contribution in [0.15, 0.2) is 59.0 Å². The summed E-state index contributed by atoms with van der Waals surface area (Å²) in [7, 11) is 0.612. The summed E-state index contributed by atoms with van der Waals surface area (Å²) in [5.74, 6) is -2.05. The molecule has 0 aliphatic carbocycles. The summed E-state index contributed by atoms with van der Waals surface area (Å²) < 4.78 is 30.7. The summed E-state index contributed by atoms with van der Waals surface area (Å²) in [6, 6.07) is 10.5. The normalized spacial score (nSPS) is 18.5. The first-order valence-corrected chi connectivity index (χ1v) is 11.1. The van der Waals surface area contributed by atoms with Crippen molar-refractivity contribution >= 4 is 27.5 Å². The second-order valence-corrected chi connectivity index (χ2v) is 9.54. The molecule has 2 N–H and O–H groups in total. The molecule has 1 heterocycles. The van der Waals surface area contributed by atoms with Crippen LogP contribution in [0.3, 0.4) is 0 Å². The summed E-state index contributed by atoms with van der Waals surface area (Å²) in [6.45, 7) is 0.294. The van der Waals surface area contributed by atoms with Gasteiger partial charge in [-0.2, -0.15) is 0 Å². The van der Waals surface area contributed by atoms with Crippen LogP contribution in [0.2, 0.25) is 0 Å². The summed E-state index contributed by atoms with van der Waals surface area (Å²) >= 11 is 0. The molecule has 1 saturated heterocycles. The van der Waals surface area contributed by atoms with Gasteiger partial charge in [0.2, 0.25) is 10.0 Å². The molecule has 9 nitrogen and oxygen atoms in total. The van der Waals surface area contributed by atoms with Crippen molar-refractivity contribution in [3.63, 3.8) is 0 Å². The minimum absolute atomic E-state index is 0.0142. The van der Waals surface area contributed by atoms with Crippen LogP contribution in [0.4, 0.5) is 0 Å². The van der Waals surface area contributed by atoms with E-state index in [1.54, 1.807) is 12.1 Å². The molecular weight excluding hydrogens is 436 g/mol. The van der Waals surface area contributed by atoms with E-state index in [0.717, 1.165) is 4.31 Å². The Balaban J connectivity index is 2.11. The highest BCUT2D eigenvalue weighted by molar-refractivity contribution is 7.89. The number of Topliss-reactive ketones (excluding diaryl/α,β-unsaturated/α-hetero) is 1. The molecule has 1 atom stereocenters. The second-order valence-electron chi connectivity index (χ2n) is 7.39. The number of aromatic hydroxyl groups is 1. The average molecular weight is 461 g/mol. The van der Waals surface area contributed by atoms with Gasteiger partial charge in [0, 0.05) is 33.3 Å². The van der Waals surface area contributed by atoms with Crippen LogP contribution >= 0.6 is 0 Å². The molecule has 0 bridgehead atoms. The van der Waals surface area contributed by atoms with Gasteiger partial charge in [0.1, 0.15) is 11.5 Å². The van der Waals surface area contributed by atoms with Crippen molar-refractivity contribution in [1.29, 1.82) is 0 Å². The topological polar surface area (TPSA) is 124 Å². The van der Waals surface area contributed by atoms with Crippen molar-refractivity contribution in [2.75, 3.05) is 34.4 Å². The van der Waals surface area contributed by atoms with Gasteiger partial charge in [-0.3, -0.25) is 9.59 Å². The number of aliphatic hydroxyl groups excluding tert-OH is 1. The number of phenols is 1. The summed E-state index contributed by atoms with van der Waals surface area (Å²) in [5.41, 5.74) is 0.586. The van der Waals surface area contributed by atoms with E-state index in [2.05, 4.69) is 0 Å². The van der Waals surface area contributed by atoms with Gasteiger partial charge in [-0.05, 0) is 42.0 Å². The first kappa shape index (κ1) is 23.5. The van der Waals surface area contributed by atoms with Crippen LogP contribution in [-0.4, -0.2) is 73.9 Å². The number of ether oxygens (including phenoxy) is 1. The van der Waals surface area contributed by atoms with E-state index in [0.29, 0.717) is 5.56 Å². The Bertz CT molecular complexity index is 1150. The van der Waals surface area contributed by atoms with E-state index in [9.17, 15) is 28.2 Å². The number of sulfonamides is 1. The lowest BCUT2D eigenvalue weighted by Gasteiger charge is -2.25. The van der Waals surface area contributed by atoms with Gasteiger partial charge in [0.05, 0.1) is 23.1 Å². The fourth-order valence-corrected chi connectivity index (χ4v) is 4.36. The minimum atomic E-state index is -3.67. The predicted octanol–water partition coefficient (Wildman–Crippen LogP) is 1.71. The Morgan fingerprint density at radius 1 is 1.06 bits per heavy atom. The molecule has 32 heavy (non-hydrogen) atoms. The largest absolute Gasteiger partial charge is 0.508 e. The number of benzene rings is 2. The van der Waals surface area contributed by atoms with Gasteiger partial charge >= 0.3 is 0 Å². The molecule has 1 aliphatic rings. The van der Waals surface area contributed by atoms with E-state index in [-0.39, 0.29) is 34.9 Å². The van der Waals surface area contributed by atoms with Crippen molar-refractivity contribution in [2.24, 2.45) is 0 Å². The SMILES string of the molecule is COCCN1C(=O)C(=O)/C(=C(/O)c2ccc(S(=O)(=O)N(C)C)cc2)[C@@H]1c1ccc(O)cc1.